The molecular formula is C7H18Cl3N3. The summed E-state index contributed by atoms with van der Waals surface area (Å²) in [6, 6.07) is 0.655. The van der Waals surface area contributed by atoms with E-state index in [0.29, 0.717) is 6.04 Å². The molecule has 0 aliphatic carbocycles. The Morgan fingerprint density at radius 1 is 1.00 bits per heavy atom. The topological polar surface area (TPSA) is 32.5 Å². The highest BCUT2D eigenvalue weighted by molar-refractivity contribution is 5.86. The lowest BCUT2D eigenvalue weighted by Crippen LogP contribution is -2.62. The van der Waals surface area contributed by atoms with Gasteiger partial charge in [-0.2, -0.15) is 0 Å². The molecule has 3 saturated heterocycles. The molecule has 3 fully saturated rings. The molecule has 0 aromatic heterocycles. The Bertz CT molecular complexity index is 128. The number of fused-ring (bicyclic) bond motifs is 3. The summed E-state index contributed by atoms with van der Waals surface area (Å²) in [5.74, 6) is 0. The first kappa shape index (κ1) is 16.2. The smallest absolute Gasteiger partial charge is 0.0346 e. The van der Waals surface area contributed by atoms with Crippen LogP contribution in [-0.2, 0) is 0 Å². The second-order valence-corrected chi connectivity index (χ2v) is 3.23. The van der Waals surface area contributed by atoms with Gasteiger partial charge in [-0.3, -0.25) is 9.80 Å². The SMILES string of the molecule is Cl.Cl.Cl.NC[C@@H]1CN2CCN1CC2. The van der Waals surface area contributed by atoms with Gasteiger partial charge in [-0.15, -0.1) is 37.2 Å². The Morgan fingerprint density at radius 2 is 1.54 bits per heavy atom. The van der Waals surface area contributed by atoms with Gasteiger partial charge in [0.2, 0.25) is 0 Å². The van der Waals surface area contributed by atoms with E-state index in [1.54, 1.807) is 0 Å². The van der Waals surface area contributed by atoms with Gasteiger partial charge < -0.3 is 5.73 Å². The molecule has 3 nitrogen and oxygen atoms in total. The molecule has 0 radical (unpaired) electrons. The molecule has 3 aliphatic rings. The largest absolute Gasteiger partial charge is 0.329 e. The van der Waals surface area contributed by atoms with E-state index in [0.717, 1.165) is 6.54 Å². The number of hydrogen-bond acceptors (Lipinski definition) is 3. The van der Waals surface area contributed by atoms with Crippen molar-refractivity contribution in [3.05, 3.63) is 0 Å². The van der Waals surface area contributed by atoms with Crippen LogP contribution in [0.2, 0.25) is 0 Å². The summed E-state index contributed by atoms with van der Waals surface area (Å²) in [6.07, 6.45) is 0. The highest BCUT2D eigenvalue weighted by Crippen LogP contribution is 2.13. The summed E-state index contributed by atoms with van der Waals surface area (Å²) in [6.45, 7) is 7.03. The average molecular weight is 251 g/mol. The van der Waals surface area contributed by atoms with E-state index in [4.69, 9.17) is 5.73 Å². The minimum atomic E-state index is 0. The van der Waals surface area contributed by atoms with Crippen LogP contribution in [-0.4, -0.2) is 55.1 Å². The number of halogens is 3. The molecule has 13 heavy (non-hydrogen) atoms. The van der Waals surface area contributed by atoms with Gasteiger partial charge in [-0.1, -0.05) is 0 Å². The van der Waals surface area contributed by atoms with Crippen LogP contribution in [0.15, 0.2) is 0 Å². The first-order valence-electron chi connectivity index (χ1n) is 4.06. The predicted molar refractivity (Wildman–Crippen MR) is 62.6 cm³/mol. The first-order valence-corrected chi connectivity index (χ1v) is 4.06. The zero-order valence-electron chi connectivity index (χ0n) is 7.52. The van der Waals surface area contributed by atoms with Crippen LogP contribution in [0.5, 0.6) is 0 Å². The molecule has 0 aromatic carbocycles. The summed E-state index contributed by atoms with van der Waals surface area (Å²) in [7, 11) is 0. The fourth-order valence-electron chi connectivity index (χ4n) is 1.95. The van der Waals surface area contributed by atoms with Gasteiger partial charge in [0.25, 0.3) is 0 Å². The van der Waals surface area contributed by atoms with Crippen molar-refractivity contribution in [1.29, 1.82) is 0 Å². The summed E-state index contributed by atoms with van der Waals surface area (Å²) < 4.78 is 0. The third-order valence-corrected chi connectivity index (χ3v) is 2.66. The van der Waals surface area contributed by atoms with Gasteiger partial charge in [-0.25, -0.2) is 0 Å². The molecule has 1 atom stereocenters. The summed E-state index contributed by atoms with van der Waals surface area (Å²) >= 11 is 0. The fraction of sp³-hybridized carbons (Fsp3) is 1.00. The van der Waals surface area contributed by atoms with Crippen molar-refractivity contribution in [2.24, 2.45) is 5.73 Å². The molecule has 82 valence electrons. The van der Waals surface area contributed by atoms with Gasteiger partial charge in [-0.05, 0) is 0 Å². The average Bonchev–Trinajstić information content (AvgIpc) is 2.06. The quantitative estimate of drug-likeness (QED) is 0.722. The minimum Gasteiger partial charge on any atom is -0.329 e. The Labute approximate surface area is 98.2 Å². The maximum Gasteiger partial charge on any atom is 0.0346 e. The minimum absolute atomic E-state index is 0. The van der Waals surface area contributed by atoms with E-state index < -0.39 is 0 Å². The molecule has 6 heteroatoms. The number of rotatable bonds is 1. The molecule has 3 aliphatic heterocycles. The normalized spacial score (nSPS) is 35.3. The van der Waals surface area contributed by atoms with Gasteiger partial charge in [0.15, 0.2) is 0 Å². The van der Waals surface area contributed by atoms with Crippen LogP contribution < -0.4 is 5.73 Å². The standard InChI is InChI=1S/C7H15N3.3ClH/c8-5-7-6-9-1-3-10(7)4-2-9;;;/h7H,1-6,8H2;3*1H/t7-;;;/m1.../s1. The molecule has 2 bridgehead atoms. The second kappa shape index (κ2) is 7.10. The van der Waals surface area contributed by atoms with Crippen LogP contribution >= 0.6 is 37.2 Å². The number of nitrogens with zero attached hydrogens (tertiary/aromatic N) is 2. The molecular weight excluding hydrogens is 232 g/mol. The Balaban J connectivity index is 0. The zero-order chi connectivity index (χ0) is 6.97. The van der Waals surface area contributed by atoms with Gasteiger partial charge in [0, 0.05) is 45.3 Å². The van der Waals surface area contributed by atoms with Crippen LogP contribution in [0.25, 0.3) is 0 Å². The summed E-state index contributed by atoms with van der Waals surface area (Å²) in [5, 5.41) is 0. The fourth-order valence-corrected chi connectivity index (χ4v) is 1.95. The lowest BCUT2D eigenvalue weighted by molar-refractivity contribution is 0.0172. The molecule has 2 N–H and O–H groups in total. The van der Waals surface area contributed by atoms with E-state index in [9.17, 15) is 0 Å². The predicted octanol–water partition coefficient (Wildman–Crippen LogP) is 0.210. The molecule has 3 heterocycles. The molecule has 0 aromatic rings. The van der Waals surface area contributed by atoms with Crippen LogP contribution in [0.3, 0.4) is 0 Å². The maximum atomic E-state index is 5.62. The summed E-state index contributed by atoms with van der Waals surface area (Å²) in [5.41, 5.74) is 5.62. The van der Waals surface area contributed by atoms with Crippen molar-refractivity contribution >= 4 is 37.2 Å². The highest BCUT2D eigenvalue weighted by atomic mass is 35.5. The van der Waals surface area contributed by atoms with Crippen LogP contribution in [0.4, 0.5) is 0 Å². The second-order valence-electron chi connectivity index (χ2n) is 3.23. The van der Waals surface area contributed by atoms with Crippen molar-refractivity contribution < 1.29 is 0 Å². The van der Waals surface area contributed by atoms with E-state index in [-0.39, 0.29) is 37.2 Å². The molecule has 0 spiro atoms. The van der Waals surface area contributed by atoms with Gasteiger partial charge >= 0.3 is 0 Å². The Hall–Kier alpha value is 0.750. The summed E-state index contributed by atoms with van der Waals surface area (Å²) in [4.78, 5) is 5.03. The zero-order valence-corrected chi connectivity index (χ0v) is 9.97. The number of piperazine rings is 3. The highest BCUT2D eigenvalue weighted by Gasteiger charge is 2.30. The monoisotopic (exact) mass is 249 g/mol. The molecule has 3 rings (SSSR count). The van der Waals surface area contributed by atoms with Crippen molar-refractivity contribution in [3.8, 4) is 0 Å². The van der Waals surface area contributed by atoms with Crippen molar-refractivity contribution in [2.75, 3.05) is 39.3 Å². The lowest BCUT2D eigenvalue weighted by Gasteiger charge is -2.47. The van der Waals surface area contributed by atoms with Crippen LogP contribution in [0, 0.1) is 0 Å². The third-order valence-electron chi connectivity index (χ3n) is 2.66. The number of hydrogen-bond donors (Lipinski definition) is 1. The lowest BCUT2D eigenvalue weighted by atomic mass is 10.1. The van der Waals surface area contributed by atoms with E-state index in [2.05, 4.69) is 9.80 Å². The van der Waals surface area contributed by atoms with Crippen molar-refractivity contribution in [1.82, 2.24) is 9.80 Å². The van der Waals surface area contributed by atoms with Crippen molar-refractivity contribution in [2.45, 2.75) is 6.04 Å². The van der Waals surface area contributed by atoms with Gasteiger partial charge in [0.05, 0.1) is 0 Å². The Morgan fingerprint density at radius 3 is 1.77 bits per heavy atom. The first-order chi connectivity index (χ1) is 4.90. The Kier molecular flexibility index (Phi) is 8.84. The molecule has 0 unspecified atom stereocenters. The van der Waals surface area contributed by atoms with Crippen molar-refractivity contribution in [3.63, 3.8) is 0 Å². The van der Waals surface area contributed by atoms with E-state index in [1.807, 2.05) is 0 Å². The van der Waals surface area contributed by atoms with E-state index >= 15 is 0 Å². The number of nitrogens with two attached hydrogens (primary N) is 1. The van der Waals surface area contributed by atoms with Crippen LogP contribution in [0.1, 0.15) is 0 Å². The third kappa shape index (κ3) is 3.42. The van der Waals surface area contributed by atoms with Gasteiger partial charge in [0.1, 0.15) is 0 Å². The van der Waals surface area contributed by atoms with E-state index in [1.165, 1.54) is 32.7 Å². The molecule has 0 amide bonds. The maximum absolute atomic E-state index is 5.62. The molecule has 0 saturated carbocycles.